The first-order chi connectivity index (χ1) is 9.06. The van der Waals surface area contributed by atoms with Gasteiger partial charge < -0.3 is 5.32 Å². The first kappa shape index (κ1) is 13.8. The Balaban J connectivity index is 2.05. The number of benzene rings is 2. The van der Waals surface area contributed by atoms with Crippen LogP contribution in [0.15, 0.2) is 42.5 Å². The van der Waals surface area contributed by atoms with Crippen LogP contribution < -0.4 is 5.32 Å². The van der Waals surface area contributed by atoms with E-state index < -0.39 is 5.82 Å². The molecule has 2 aromatic carbocycles. The first-order valence-corrected chi connectivity index (χ1v) is 6.39. The Labute approximate surface area is 116 Å². The number of anilines is 1. The van der Waals surface area contributed by atoms with E-state index in [2.05, 4.69) is 5.32 Å². The van der Waals surface area contributed by atoms with Crippen LogP contribution in [0.4, 0.5) is 14.5 Å². The van der Waals surface area contributed by atoms with Gasteiger partial charge >= 0.3 is 0 Å². The Hall–Kier alpha value is -1.61. The van der Waals surface area contributed by atoms with Gasteiger partial charge in [-0.15, -0.1) is 0 Å². The lowest BCUT2D eigenvalue weighted by atomic mass is 10.1. The van der Waals surface area contributed by atoms with Crippen LogP contribution in [-0.4, -0.2) is 6.04 Å². The van der Waals surface area contributed by atoms with Crippen molar-refractivity contribution in [1.29, 1.82) is 0 Å². The van der Waals surface area contributed by atoms with Gasteiger partial charge in [0.15, 0.2) is 5.82 Å². The van der Waals surface area contributed by atoms with Crippen molar-refractivity contribution < 1.29 is 8.78 Å². The molecule has 100 valence electrons. The van der Waals surface area contributed by atoms with Crippen LogP contribution in [0.25, 0.3) is 0 Å². The van der Waals surface area contributed by atoms with E-state index in [1.807, 2.05) is 13.0 Å². The van der Waals surface area contributed by atoms with Crippen LogP contribution in [-0.2, 0) is 6.42 Å². The summed E-state index contributed by atoms with van der Waals surface area (Å²) in [4.78, 5) is 0. The zero-order valence-corrected chi connectivity index (χ0v) is 11.2. The van der Waals surface area contributed by atoms with Gasteiger partial charge in [0, 0.05) is 6.04 Å². The maximum atomic E-state index is 13.7. The summed E-state index contributed by atoms with van der Waals surface area (Å²) in [5.41, 5.74) is 1.22. The number of hydrogen-bond acceptors (Lipinski definition) is 1. The fraction of sp³-hybridized carbons (Fsp3) is 0.200. The van der Waals surface area contributed by atoms with Gasteiger partial charge in [-0.25, -0.2) is 8.78 Å². The highest BCUT2D eigenvalue weighted by Gasteiger charge is 2.09. The molecule has 0 aliphatic heterocycles. The molecule has 1 atom stereocenters. The van der Waals surface area contributed by atoms with Crippen LogP contribution in [0.5, 0.6) is 0 Å². The molecule has 0 saturated carbocycles. The Kier molecular flexibility index (Phi) is 4.38. The molecule has 0 amide bonds. The normalized spacial score (nSPS) is 12.2. The predicted molar refractivity (Wildman–Crippen MR) is 74.6 cm³/mol. The third-order valence-corrected chi connectivity index (χ3v) is 3.08. The zero-order valence-electron chi connectivity index (χ0n) is 10.5. The predicted octanol–water partition coefficient (Wildman–Crippen LogP) is 4.66. The van der Waals surface area contributed by atoms with Crippen LogP contribution in [0.3, 0.4) is 0 Å². The minimum absolute atomic E-state index is 0.0326. The Morgan fingerprint density at radius 1 is 1.16 bits per heavy atom. The Morgan fingerprint density at radius 3 is 2.63 bits per heavy atom. The maximum absolute atomic E-state index is 13.7. The summed E-state index contributed by atoms with van der Waals surface area (Å²) in [5.74, 6) is -0.728. The lowest BCUT2D eigenvalue weighted by Gasteiger charge is -2.16. The molecule has 2 rings (SSSR count). The van der Waals surface area contributed by atoms with Crippen molar-refractivity contribution in [3.8, 4) is 0 Å². The molecule has 2 aromatic rings. The second kappa shape index (κ2) is 6.02. The lowest BCUT2D eigenvalue weighted by molar-refractivity contribution is 0.620. The van der Waals surface area contributed by atoms with Crippen molar-refractivity contribution in [2.75, 3.05) is 5.32 Å². The second-order valence-electron chi connectivity index (χ2n) is 4.48. The van der Waals surface area contributed by atoms with Crippen LogP contribution in [0.2, 0.25) is 5.02 Å². The summed E-state index contributed by atoms with van der Waals surface area (Å²) in [5, 5.41) is 3.12. The van der Waals surface area contributed by atoms with Crippen molar-refractivity contribution in [2.45, 2.75) is 19.4 Å². The van der Waals surface area contributed by atoms with Crippen LogP contribution >= 0.6 is 11.6 Å². The average Bonchev–Trinajstić information content (AvgIpc) is 2.35. The van der Waals surface area contributed by atoms with Crippen LogP contribution in [0.1, 0.15) is 12.5 Å². The summed E-state index contributed by atoms with van der Waals surface area (Å²) in [6.07, 6.45) is 0.601. The largest absolute Gasteiger partial charge is 0.380 e. The molecule has 0 saturated heterocycles. The summed E-state index contributed by atoms with van der Waals surface area (Å²) in [6, 6.07) is 11.2. The van der Waals surface area contributed by atoms with Gasteiger partial charge in [0.2, 0.25) is 0 Å². The van der Waals surface area contributed by atoms with E-state index in [9.17, 15) is 8.78 Å². The highest BCUT2D eigenvalue weighted by atomic mass is 35.5. The SMILES string of the molecule is CC(Cc1cccc(F)c1)Nc1cccc(Cl)c1F. The molecular formula is C15H14ClF2N. The Morgan fingerprint density at radius 2 is 1.89 bits per heavy atom. The molecule has 19 heavy (non-hydrogen) atoms. The highest BCUT2D eigenvalue weighted by molar-refractivity contribution is 6.31. The van der Waals surface area contributed by atoms with Crippen LogP contribution in [0, 0.1) is 11.6 Å². The van der Waals surface area contributed by atoms with Gasteiger partial charge in [-0.05, 0) is 43.2 Å². The molecule has 0 aliphatic carbocycles. The number of rotatable bonds is 4. The molecule has 1 unspecified atom stereocenters. The highest BCUT2D eigenvalue weighted by Crippen LogP contribution is 2.23. The number of nitrogens with one attached hydrogen (secondary N) is 1. The van der Waals surface area contributed by atoms with Gasteiger partial charge in [0.25, 0.3) is 0 Å². The molecular weight excluding hydrogens is 268 g/mol. The van der Waals surface area contributed by atoms with Gasteiger partial charge in [0.05, 0.1) is 10.7 Å². The van der Waals surface area contributed by atoms with E-state index >= 15 is 0 Å². The van der Waals surface area contributed by atoms with Crippen molar-refractivity contribution in [1.82, 2.24) is 0 Å². The van der Waals surface area contributed by atoms with Crippen molar-refractivity contribution in [3.63, 3.8) is 0 Å². The molecule has 0 bridgehead atoms. The topological polar surface area (TPSA) is 12.0 Å². The Bertz CT molecular complexity index is 572. The zero-order chi connectivity index (χ0) is 13.8. The van der Waals surface area contributed by atoms with Gasteiger partial charge in [-0.3, -0.25) is 0 Å². The quantitative estimate of drug-likeness (QED) is 0.859. The summed E-state index contributed by atoms with van der Waals surface area (Å²) in [6.45, 7) is 1.91. The molecule has 4 heteroatoms. The van der Waals surface area contributed by atoms with E-state index in [1.165, 1.54) is 18.2 Å². The monoisotopic (exact) mass is 281 g/mol. The second-order valence-corrected chi connectivity index (χ2v) is 4.89. The number of halogens is 3. The van der Waals surface area contributed by atoms with E-state index in [0.717, 1.165) is 5.56 Å². The van der Waals surface area contributed by atoms with E-state index in [4.69, 9.17) is 11.6 Å². The minimum atomic E-state index is -0.463. The van der Waals surface area contributed by atoms with Crippen molar-refractivity contribution >= 4 is 17.3 Å². The summed E-state index contributed by atoms with van der Waals surface area (Å²) < 4.78 is 26.8. The molecule has 1 nitrogen and oxygen atoms in total. The molecule has 0 aliphatic rings. The van der Waals surface area contributed by atoms with Gasteiger partial charge in [-0.2, -0.15) is 0 Å². The van der Waals surface area contributed by atoms with E-state index in [-0.39, 0.29) is 16.9 Å². The summed E-state index contributed by atoms with van der Waals surface area (Å²) >= 11 is 5.71. The molecule has 0 heterocycles. The fourth-order valence-corrected chi connectivity index (χ4v) is 2.12. The fourth-order valence-electron chi connectivity index (χ4n) is 1.95. The number of hydrogen-bond donors (Lipinski definition) is 1. The smallest absolute Gasteiger partial charge is 0.164 e. The molecule has 0 aromatic heterocycles. The van der Waals surface area contributed by atoms with Gasteiger partial charge in [0.1, 0.15) is 5.82 Å². The standard InChI is InChI=1S/C15H14ClF2N/c1-10(8-11-4-2-5-12(17)9-11)19-14-7-3-6-13(16)15(14)18/h2-7,9-10,19H,8H2,1H3. The average molecular weight is 282 g/mol. The third kappa shape index (κ3) is 3.67. The molecule has 0 fully saturated rings. The van der Waals surface area contributed by atoms with Crippen molar-refractivity contribution in [2.24, 2.45) is 0 Å². The van der Waals surface area contributed by atoms with E-state index in [1.54, 1.807) is 18.2 Å². The van der Waals surface area contributed by atoms with Gasteiger partial charge in [-0.1, -0.05) is 29.8 Å². The first-order valence-electron chi connectivity index (χ1n) is 6.01. The maximum Gasteiger partial charge on any atom is 0.164 e. The molecule has 0 spiro atoms. The summed E-state index contributed by atoms with van der Waals surface area (Å²) in [7, 11) is 0. The molecule has 1 N–H and O–H groups in total. The third-order valence-electron chi connectivity index (χ3n) is 2.78. The van der Waals surface area contributed by atoms with Crippen molar-refractivity contribution in [3.05, 3.63) is 64.7 Å². The lowest BCUT2D eigenvalue weighted by Crippen LogP contribution is -2.19. The minimum Gasteiger partial charge on any atom is -0.380 e. The molecule has 0 radical (unpaired) electrons. The van der Waals surface area contributed by atoms with E-state index in [0.29, 0.717) is 12.1 Å².